The first-order chi connectivity index (χ1) is 7.04. The van der Waals surface area contributed by atoms with Crippen LogP contribution in [0.3, 0.4) is 0 Å². The Morgan fingerprint density at radius 3 is 2.60 bits per heavy atom. The molecule has 15 heavy (non-hydrogen) atoms. The zero-order chi connectivity index (χ0) is 11.4. The lowest BCUT2D eigenvalue weighted by Crippen LogP contribution is -2.53. The molecule has 0 spiro atoms. The third kappa shape index (κ3) is 3.20. The van der Waals surface area contributed by atoms with Crippen molar-refractivity contribution in [2.24, 2.45) is 5.92 Å². The van der Waals surface area contributed by atoms with Crippen molar-refractivity contribution in [3.63, 3.8) is 0 Å². The summed E-state index contributed by atoms with van der Waals surface area (Å²) in [5.74, 6) is -1.16. The Kier molecular flexibility index (Phi) is 4.08. The molecule has 5 heteroatoms. The van der Waals surface area contributed by atoms with Crippen LogP contribution < -0.4 is 0 Å². The summed E-state index contributed by atoms with van der Waals surface area (Å²) in [6.07, 6.45) is 1.19. The van der Waals surface area contributed by atoms with Gasteiger partial charge in [-0.1, -0.05) is 0 Å². The fraction of sp³-hybridized carbons (Fsp3) is 0.800. The monoisotopic (exact) mass is 215 g/mol. The minimum absolute atomic E-state index is 0.0244. The number of amides is 1. The molecule has 5 nitrogen and oxygen atoms in total. The average Bonchev–Trinajstić information content (AvgIpc) is 2.11. The molecule has 0 aromatic carbocycles. The number of rotatable bonds is 5. The zero-order valence-electron chi connectivity index (χ0n) is 9.10. The van der Waals surface area contributed by atoms with E-state index < -0.39 is 5.97 Å². The first kappa shape index (κ1) is 12.0. The molecule has 1 aliphatic heterocycles. The number of methoxy groups -OCH3 is 1. The summed E-state index contributed by atoms with van der Waals surface area (Å²) in [4.78, 5) is 23.6. The zero-order valence-corrected chi connectivity index (χ0v) is 9.10. The second kappa shape index (κ2) is 5.11. The first-order valence-corrected chi connectivity index (χ1v) is 5.08. The number of likely N-dealkylation sites (tertiary alicyclic amines) is 1. The molecule has 0 bridgehead atoms. The molecular weight excluding hydrogens is 198 g/mol. The van der Waals surface area contributed by atoms with Crippen molar-refractivity contribution < 1.29 is 19.4 Å². The molecule has 0 radical (unpaired) electrons. The minimum Gasteiger partial charge on any atom is -0.481 e. The molecule has 1 fully saturated rings. The summed E-state index contributed by atoms with van der Waals surface area (Å²) in [6, 6.07) is 0. The van der Waals surface area contributed by atoms with E-state index in [2.05, 4.69) is 0 Å². The van der Waals surface area contributed by atoms with Crippen LogP contribution in [0.4, 0.5) is 0 Å². The molecule has 1 saturated heterocycles. The Morgan fingerprint density at radius 2 is 2.13 bits per heavy atom. The van der Waals surface area contributed by atoms with Crippen molar-refractivity contribution in [2.45, 2.75) is 25.9 Å². The molecule has 1 N–H and O–H groups in total. The number of hydrogen-bond donors (Lipinski definition) is 1. The Labute approximate surface area is 89.0 Å². The van der Waals surface area contributed by atoms with Crippen LogP contribution in [-0.2, 0) is 14.3 Å². The lowest BCUT2D eigenvalue weighted by Gasteiger charge is -2.36. The SMILES string of the molecule is COC(C)CCC(=O)N1CC(C(=O)O)C1. The van der Waals surface area contributed by atoms with Crippen molar-refractivity contribution in [1.82, 2.24) is 4.90 Å². The molecule has 0 aromatic heterocycles. The molecular formula is C10H17NO4. The minimum atomic E-state index is -0.815. The van der Waals surface area contributed by atoms with Gasteiger partial charge >= 0.3 is 5.97 Å². The summed E-state index contributed by atoms with van der Waals surface area (Å²) in [5, 5.41) is 8.63. The van der Waals surface area contributed by atoms with E-state index in [9.17, 15) is 9.59 Å². The second-order valence-corrected chi connectivity index (χ2v) is 3.92. The number of carbonyl (C=O) groups is 2. The van der Waals surface area contributed by atoms with Gasteiger partial charge in [-0.05, 0) is 13.3 Å². The molecule has 1 atom stereocenters. The predicted molar refractivity (Wildman–Crippen MR) is 53.4 cm³/mol. The summed E-state index contributed by atoms with van der Waals surface area (Å²) >= 11 is 0. The maximum absolute atomic E-state index is 11.5. The molecule has 0 saturated carbocycles. The van der Waals surface area contributed by atoms with Crippen LogP contribution in [0.2, 0.25) is 0 Å². The molecule has 1 unspecified atom stereocenters. The van der Waals surface area contributed by atoms with Crippen LogP contribution in [0.25, 0.3) is 0 Å². The van der Waals surface area contributed by atoms with Crippen molar-refractivity contribution >= 4 is 11.9 Å². The third-order valence-electron chi connectivity index (χ3n) is 2.75. The van der Waals surface area contributed by atoms with Gasteiger partial charge in [0.05, 0.1) is 12.0 Å². The van der Waals surface area contributed by atoms with Gasteiger partial charge in [-0.2, -0.15) is 0 Å². The van der Waals surface area contributed by atoms with Crippen LogP contribution >= 0.6 is 0 Å². The number of carboxylic acids is 1. The first-order valence-electron chi connectivity index (χ1n) is 5.08. The molecule has 1 rings (SSSR count). The van der Waals surface area contributed by atoms with Crippen LogP contribution in [-0.4, -0.2) is 48.2 Å². The van der Waals surface area contributed by atoms with Gasteiger partial charge in [-0.15, -0.1) is 0 Å². The van der Waals surface area contributed by atoms with Gasteiger partial charge in [0.25, 0.3) is 0 Å². The normalized spacial score (nSPS) is 18.4. The topological polar surface area (TPSA) is 66.8 Å². The highest BCUT2D eigenvalue weighted by Gasteiger charge is 2.35. The highest BCUT2D eigenvalue weighted by molar-refractivity contribution is 5.80. The van der Waals surface area contributed by atoms with Crippen molar-refractivity contribution in [1.29, 1.82) is 0 Å². The number of aliphatic carboxylic acids is 1. The van der Waals surface area contributed by atoms with Crippen molar-refractivity contribution in [2.75, 3.05) is 20.2 Å². The predicted octanol–water partition coefficient (Wildman–Crippen LogP) is 0.344. The Morgan fingerprint density at radius 1 is 1.53 bits per heavy atom. The van der Waals surface area contributed by atoms with E-state index in [0.717, 1.165) is 0 Å². The van der Waals surface area contributed by atoms with Gasteiger partial charge < -0.3 is 14.7 Å². The molecule has 1 amide bonds. The smallest absolute Gasteiger partial charge is 0.310 e. The fourth-order valence-corrected chi connectivity index (χ4v) is 1.44. The van der Waals surface area contributed by atoms with Crippen LogP contribution in [0, 0.1) is 5.92 Å². The largest absolute Gasteiger partial charge is 0.481 e. The van der Waals surface area contributed by atoms with E-state index in [-0.39, 0.29) is 17.9 Å². The number of ether oxygens (including phenoxy) is 1. The van der Waals surface area contributed by atoms with Crippen LogP contribution in [0.1, 0.15) is 19.8 Å². The highest BCUT2D eigenvalue weighted by Crippen LogP contribution is 2.17. The van der Waals surface area contributed by atoms with Gasteiger partial charge in [0.15, 0.2) is 0 Å². The maximum atomic E-state index is 11.5. The number of nitrogens with zero attached hydrogens (tertiary/aromatic N) is 1. The summed E-state index contributed by atoms with van der Waals surface area (Å²) in [6.45, 7) is 2.62. The summed E-state index contributed by atoms with van der Waals surface area (Å²) in [7, 11) is 1.61. The molecule has 0 aliphatic carbocycles. The van der Waals surface area contributed by atoms with Gasteiger partial charge in [0.2, 0.25) is 5.91 Å². The highest BCUT2D eigenvalue weighted by atomic mass is 16.5. The van der Waals surface area contributed by atoms with Gasteiger partial charge in [-0.3, -0.25) is 9.59 Å². The lowest BCUT2D eigenvalue weighted by atomic mass is 9.99. The van der Waals surface area contributed by atoms with Crippen LogP contribution in [0.5, 0.6) is 0 Å². The third-order valence-corrected chi connectivity index (χ3v) is 2.75. The van der Waals surface area contributed by atoms with Gasteiger partial charge in [0.1, 0.15) is 0 Å². The van der Waals surface area contributed by atoms with E-state index in [0.29, 0.717) is 25.9 Å². The quantitative estimate of drug-likeness (QED) is 0.718. The molecule has 86 valence electrons. The number of hydrogen-bond acceptors (Lipinski definition) is 3. The maximum Gasteiger partial charge on any atom is 0.310 e. The second-order valence-electron chi connectivity index (χ2n) is 3.92. The Hall–Kier alpha value is -1.10. The lowest BCUT2D eigenvalue weighted by molar-refractivity contribution is -0.153. The van der Waals surface area contributed by atoms with Crippen molar-refractivity contribution in [3.05, 3.63) is 0 Å². The van der Waals surface area contributed by atoms with Gasteiger partial charge in [-0.25, -0.2) is 0 Å². The van der Waals surface area contributed by atoms with Crippen molar-refractivity contribution in [3.8, 4) is 0 Å². The van der Waals surface area contributed by atoms with E-state index in [1.165, 1.54) is 0 Å². The van der Waals surface area contributed by atoms with E-state index >= 15 is 0 Å². The molecule has 1 heterocycles. The number of carboxylic acid groups (broad SMARTS) is 1. The van der Waals surface area contributed by atoms with Gasteiger partial charge in [0, 0.05) is 26.6 Å². The Bertz CT molecular complexity index is 248. The Balaban J connectivity index is 2.18. The number of carbonyl (C=O) groups excluding carboxylic acids is 1. The standard InChI is InChI=1S/C10H17NO4/c1-7(15-2)3-4-9(12)11-5-8(6-11)10(13)14/h7-8H,3-6H2,1-2H3,(H,13,14). The fourth-order valence-electron chi connectivity index (χ4n) is 1.44. The van der Waals surface area contributed by atoms with E-state index in [4.69, 9.17) is 9.84 Å². The van der Waals surface area contributed by atoms with E-state index in [1.54, 1.807) is 12.0 Å². The van der Waals surface area contributed by atoms with E-state index in [1.807, 2.05) is 6.92 Å². The summed E-state index contributed by atoms with van der Waals surface area (Å²) in [5.41, 5.74) is 0. The molecule has 1 aliphatic rings. The van der Waals surface area contributed by atoms with Crippen LogP contribution in [0.15, 0.2) is 0 Å². The average molecular weight is 215 g/mol. The summed E-state index contributed by atoms with van der Waals surface area (Å²) < 4.78 is 5.03. The molecule has 0 aromatic rings.